The number of piperidine rings is 1. The average molecular weight is 408 g/mol. The van der Waals surface area contributed by atoms with Crippen molar-refractivity contribution in [3.8, 4) is 0 Å². The van der Waals surface area contributed by atoms with Crippen molar-refractivity contribution in [3.05, 3.63) is 59.7 Å². The van der Waals surface area contributed by atoms with Crippen molar-refractivity contribution in [1.29, 1.82) is 0 Å². The molecular weight excluding hydrogens is 378 g/mol. The number of hydrogen-bond acceptors (Lipinski definition) is 5. The maximum Gasteiger partial charge on any atom is 0.337 e. The molecule has 4 rings (SSSR count). The molecule has 0 unspecified atom stereocenters. The molecule has 0 aliphatic carbocycles. The van der Waals surface area contributed by atoms with E-state index in [0.717, 1.165) is 26.2 Å². The molecule has 0 aromatic heterocycles. The number of ether oxygens (including phenoxy) is 1. The van der Waals surface area contributed by atoms with Gasteiger partial charge in [0.1, 0.15) is 0 Å². The van der Waals surface area contributed by atoms with E-state index >= 15 is 0 Å². The minimum Gasteiger partial charge on any atom is -0.465 e. The molecule has 1 amide bonds. The van der Waals surface area contributed by atoms with Crippen LogP contribution in [-0.2, 0) is 4.74 Å². The van der Waals surface area contributed by atoms with Gasteiger partial charge in [0.05, 0.1) is 12.7 Å². The highest BCUT2D eigenvalue weighted by Gasteiger charge is 2.23. The highest BCUT2D eigenvalue weighted by atomic mass is 16.5. The summed E-state index contributed by atoms with van der Waals surface area (Å²) in [6.45, 7) is 5.31. The van der Waals surface area contributed by atoms with Gasteiger partial charge in [0.2, 0.25) is 0 Å². The number of amides is 1. The fourth-order valence-electron chi connectivity index (χ4n) is 4.24. The molecule has 2 heterocycles. The number of benzene rings is 2. The second-order valence-electron chi connectivity index (χ2n) is 7.91. The van der Waals surface area contributed by atoms with Gasteiger partial charge in [-0.3, -0.25) is 4.79 Å². The number of methoxy groups -OCH3 is 1. The second-order valence-corrected chi connectivity index (χ2v) is 7.91. The summed E-state index contributed by atoms with van der Waals surface area (Å²) in [6.07, 6.45) is 3.90. The van der Waals surface area contributed by atoms with Crippen molar-refractivity contribution in [1.82, 2.24) is 4.90 Å². The molecule has 0 spiro atoms. The van der Waals surface area contributed by atoms with Crippen LogP contribution in [0.15, 0.2) is 48.5 Å². The molecule has 6 nitrogen and oxygen atoms in total. The normalized spacial score (nSPS) is 17.0. The van der Waals surface area contributed by atoms with Crippen molar-refractivity contribution in [2.75, 3.05) is 56.2 Å². The predicted octanol–water partition coefficient (Wildman–Crippen LogP) is 3.43. The van der Waals surface area contributed by atoms with E-state index in [0.29, 0.717) is 24.2 Å². The lowest BCUT2D eigenvalue weighted by Gasteiger charge is -2.36. The third-order valence-corrected chi connectivity index (χ3v) is 6.06. The van der Waals surface area contributed by atoms with E-state index in [1.807, 2.05) is 4.90 Å². The highest BCUT2D eigenvalue weighted by molar-refractivity contribution is 5.96. The van der Waals surface area contributed by atoms with E-state index < -0.39 is 5.97 Å². The van der Waals surface area contributed by atoms with Gasteiger partial charge >= 0.3 is 5.97 Å². The molecule has 0 saturated carbocycles. The third-order valence-electron chi connectivity index (χ3n) is 6.06. The lowest BCUT2D eigenvalue weighted by Crippen LogP contribution is -2.48. The number of esters is 1. The lowest BCUT2D eigenvalue weighted by atomic mass is 10.1. The van der Waals surface area contributed by atoms with E-state index in [2.05, 4.69) is 34.1 Å². The summed E-state index contributed by atoms with van der Waals surface area (Å²) in [4.78, 5) is 31.0. The van der Waals surface area contributed by atoms with E-state index in [1.165, 1.54) is 37.7 Å². The summed E-state index contributed by atoms with van der Waals surface area (Å²) in [5.74, 6) is -0.388. The van der Waals surface area contributed by atoms with Gasteiger partial charge in [0, 0.05) is 56.2 Å². The predicted molar refractivity (Wildman–Crippen MR) is 118 cm³/mol. The van der Waals surface area contributed by atoms with E-state index in [9.17, 15) is 9.59 Å². The molecule has 2 fully saturated rings. The van der Waals surface area contributed by atoms with E-state index in [4.69, 9.17) is 4.74 Å². The number of carbonyl (C=O) groups is 2. The molecule has 30 heavy (non-hydrogen) atoms. The number of piperazine rings is 1. The van der Waals surface area contributed by atoms with Crippen LogP contribution in [0.5, 0.6) is 0 Å². The number of anilines is 2. The monoisotopic (exact) mass is 407 g/mol. The Kier molecular flexibility index (Phi) is 6.21. The minimum absolute atomic E-state index is 0.00603. The fraction of sp³-hybridized carbons (Fsp3) is 0.417. The largest absolute Gasteiger partial charge is 0.465 e. The summed E-state index contributed by atoms with van der Waals surface area (Å²) < 4.78 is 4.71. The number of hydrogen-bond donors (Lipinski definition) is 0. The summed E-state index contributed by atoms with van der Waals surface area (Å²) in [6, 6.07) is 15.5. The zero-order chi connectivity index (χ0) is 20.9. The maximum absolute atomic E-state index is 12.8. The first-order valence-corrected chi connectivity index (χ1v) is 10.7. The molecule has 0 N–H and O–H groups in total. The van der Waals surface area contributed by atoms with Crippen LogP contribution in [0.1, 0.15) is 40.0 Å². The first-order chi connectivity index (χ1) is 14.7. The summed E-state index contributed by atoms with van der Waals surface area (Å²) >= 11 is 0. The van der Waals surface area contributed by atoms with Gasteiger partial charge in [-0.1, -0.05) is 0 Å². The molecule has 0 bridgehead atoms. The molecule has 2 saturated heterocycles. The smallest absolute Gasteiger partial charge is 0.337 e. The number of carbonyl (C=O) groups excluding carboxylic acids is 2. The van der Waals surface area contributed by atoms with Gasteiger partial charge in [-0.2, -0.15) is 0 Å². The van der Waals surface area contributed by atoms with Gasteiger partial charge in [0.15, 0.2) is 0 Å². The quantitative estimate of drug-likeness (QED) is 0.727. The first-order valence-electron chi connectivity index (χ1n) is 10.7. The highest BCUT2D eigenvalue weighted by Crippen LogP contribution is 2.24. The molecule has 2 aliphatic heterocycles. The van der Waals surface area contributed by atoms with Crippen LogP contribution in [0.4, 0.5) is 11.4 Å². The standard InChI is InChI=1S/C24H29N3O3/c1-30-24(29)20-7-5-19(6-8-20)23(28)27-17-15-26(16-18-27)22-11-9-21(10-12-22)25-13-3-2-4-14-25/h5-12H,2-4,13-18H2,1H3. The Morgan fingerprint density at radius 3 is 1.70 bits per heavy atom. The van der Waals surface area contributed by atoms with Crippen molar-refractivity contribution in [3.63, 3.8) is 0 Å². The Morgan fingerprint density at radius 1 is 0.667 bits per heavy atom. The summed E-state index contributed by atoms with van der Waals surface area (Å²) in [7, 11) is 1.35. The van der Waals surface area contributed by atoms with Crippen LogP contribution >= 0.6 is 0 Å². The summed E-state index contributed by atoms with van der Waals surface area (Å²) in [5, 5.41) is 0. The van der Waals surface area contributed by atoms with Crippen LogP contribution in [-0.4, -0.2) is 63.2 Å². The van der Waals surface area contributed by atoms with Crippen LogP contribution < -0.4 is 9.80 Å². The minimum atomic E-state index is -0.395. The van der Waals surface area contributed by atoms with E-state index in [-0.39, 0.29) is 5.91 Å². The number of rotatable bonds is 4. The first kappa shape index (κ1) is 20.3. The molecule has 0 radical (unpaired) electrons. The Hall–Kier alpha value is -3.02. The van der Waals surface area contributed by atoms with Gasteiger partial charge in [-0.15, -0.1) is 0 Å². The van der Waals surface area contributed by atoms with Crippen LogP contribution in [0.25, 0.3) is 0 Å². The topological polar surface area (TPSA) is 53.1 Å². The molecule has 2 aromatic rings. The summed E-state index contributed by atoms with van der Waals surface area (Å²) in [5.41, 5.74) is 3.57. The third kappa shape index (κ3) is 4.42. The van der Waals surface area contributed by atoms with Gasteiger partial charge in [-0.05, 0) is 67.8 Å². The Labute approximate surface area is 178 Å². The second kappa shape index (κ2) is 9.20. The molecule has 2 aliphatic rings. The van der Waals surface area contributed by atoms with Crippen molar-refractivity contribution in [2.24, 2.45) is 0 Å². The Morgan fingerprint density at radius 2 is 1.17 bits per heavy atom. The van der Waals surface area contributed by atoms with E-state index in [1.54, 1.807) is 24.3 Å². The Balaban J connectivity index is 1.33. The molecule has 2 aromatic carbocycles. The molecule has 0 atom stereocenters. The van der Waals surface area contributed by atoms with Gasteiger partial charge in [-0.25, -0.2) is 4.79 Å². The van der Waals surface area contributed by atoms with Gasteiger partial charge < -0.3 is 19.4 Å². The molecule has 158 valence electrons. The maximum atomic E-state index is 12.8. The van der Waals surface area contributed by atoms with Crippen molar-refractivity contribution in [2.45, 2.75) is 19.3 Å². The van der Waals surface area contributed by atoms with Crippen LogP contribution in [0.2, 0.25) is 0 Å². The van der Waals surface area contributed by atoms with Crippen LogP contribution in [0.3, 0.4) is 0 Å². The number of nitrogens with zero attached hydrogens (tertiary/aromatic N) is 3. The fourth-order valence-corrected chi connectivity index (χ4v) is 4.24. The van der Waals surface area contributed by atoms with Crippen molar-refractivity contribution < 1.29 is 14.3 Å². The SMILES string of the molecule is COC(=O)c1ccc(C(=O)N2CCN(c3ccc(N4CCCCC4)cc3)CC2)cc1. The molecular formula is C24H29N3O3. The lowest BCUT2D eigenvalue weighted by molar-refractivity contribution is 0.0599. The molecule has 6 heteroatoms. The van der Waals surface area contributed by atoms with Crippen molar-refractivity contribution >= 4 is 23.3 Å². The zero-order valence-electron chi connectivity index (χ0n) is 17.5. The average Bonchev–Trinajstić information content (AvgIpc) is 2.84. The Bertz CT molecular complexity index is 866. The van der Waals surface area contributed by atoms with Gasteiger partial charge in [0.25, 0.3) is 5.91 Å². The zero-order valence-corrected chi connectivity index (χ0v) is 17.5. The van der Waals surface area contributed by atoms with Crippen LogP contribution in [0, 0.1) is 0 Å².